The number of nitrogens with zero attached hydrogens (tertiary/aromatic N) is 1. The van der Waals surface area contributed by atoms with Crippen LogP contribution < -0.4 is 26.6 Å². The van der Waals surface area contributed by atoms with Crippen molar-refractivity contribution in [3.63, 3.8) is 0 Å². The average molecular weight is 615 g/mol. The standard InChI is InChI=1S/C25H39ClF4N6O3S/c1-11-3-13(14-5-20(26)32-8-18(14)39-2)15(7-31-11)22(37)35-24-34-17-9-36(10-19(17)40-24)23(38)21-16(27)4-12(6-33-21)25(28,29)30/h11-21,24,31-34H,3-10H2,1-2H3,(H,35,37). The van der Waals surface area contributed by atoms with Gasteiger partial charge in [-0.25, -0.2) is 4.39 Å². The Kier molecular flexibility index (Phi) is 9.45. The molecule has 9 nitrogen and oxygen atoms in total. The van der Waals surface area contributed by atoms with Gasteiger partial charge in [0.1, 0.15) is 17.7 Å². The van der Waals surface area contributed by atoms with Crippen molar-refractivity contribution in [1.29, 1.82) is 0 Å². The van der Waals surface area contributed by atoms with Crippen molar-refractivity contribution in [1.82, 2.24) is 31.5 Å². The van der Waals surface area contributed by atoms with Crippen molar-refractivity contribution in [2.75, 3.05) is 39.8 Å². The highest BCUT2D eigenvalue weighted by molar-refractivity contribution is 8.00. The number of amides is 2. The van der Waals surface area contributed by atoms with E-state index < -0.39 is 43.2 Å². The molecule has 12 atom stereocenters. The number of hydrogen-bond acceptors (Lipinski definition) is 8. The Hall–Kier alpha value is -0.900. The highest BCUT2D eigenvalue weighted by atomic mass is 35.5. The number of likely N-dealkylation sites (tertiary alicyclic amines) is 1. The molecule has 0 aromatic rings. The Morgan fingerprint density at radius 1 is 1.05 bits per heavy atom. The minimum absolute atomic E-state index is 0.0153. The van der Waals surface area contributed by atoms with Gasteiger partial charge in [0.05, 0.1) is 23.4 Å². The average Bonchev–Trinajstić information content (AvgIpc) is 3.46. The lowest BCUT2D eigenvalue weighted by atomic mass is 9.70. The van der Waals surface area contributed by atoms with E-state index in [0.29, 0.717) is 26.2 Å². The number of carbonyl (C=O) groups is 2. The third kappa shape index (κ3) is 6.52. The Labute approximate surface area is 241 Å². The van der Waals surface area contributed by atoms with Crippen LogP contribution in [0.15, 0.2) is 0 Å². The zero-order valence-electron chi connectivity index (χ0n) is 22.6. The molecule has 228 valence electrons. The minimum atomic E-state index is -4.49. The van der Waals surface area contributed by atoms with E-state index in [0.717, 1.165) is 12.8 Å². The van der Waals surface area contributed by atoms with Crippen molar-refractivity contribution in [3.05, 3.63) is 0 Å². The number of hydrogen-bond donors (Lipinski definition) is 5. The molecule has 0 radical (unpaired) electrons. The summed E-state index contributed by atoms with van der Waals surface area (Å²) >= 11 is 7.94. The second-order valence-electron chi connectivity index (χ2n) is 11.8. The summed E-state index contributed by atoms with van der Waals surface area (Å²) in [5, 5.41) is 15.7. The van der Waals surface area contributed by atoms with E-state index in [1.54, 1.807) is 7.11 Å². The summed E-state index contributed by atoms with van der Waals surface area (Å²) in [5.74, 6) is -2.34. The molecule has 5 rings (SSSR count). The molecular formula is C25H39ClF4N6O3S. The molecule has 5 N–H and O–H groups in total. The van der Waals surface area contributed by atoms with Crippen molar-refractivity contribution < 1.29 is 31.9 Å². The van der Waals surface area contributed by atoms with Gasteiger partial charge in [-0.2, -0.15) is 13.2 Å². The van der Waals surface area contributed by atoms with Crippen LogP contribution in [-0.4, -0.2) is 109 Å². The summed E-state index contributed by atoms with van der Waals surface area (Å²) in [6.45, 7) is 3.51. The predicted octanol–water partition coefficient (Wildman–Crippen LogP) is 0.984. The van der Waals surface area contributed by atoms with Crippen LogP contribution in [0.5, 0.6) is 0 Å². The molecule has 5 aliphatic rings. The van der Waals surface area contributed by atoms with Crippen molar-refractivity contribution >= 4 is 35.2 Å². The second-order valence-corrected chi connectivity index (χ2v) is 13.7. The van der Waals surface area contributed by atoms with Crippen LogP contribution in [0.4, 0.5) is 17.6 Å². The van der Waals surface area contributed by atoms with Gasteiger partial charge < -0.3 is 25.6 Å². The number of halogens is 5. The smallest absolute Gasteiger partial charge is 0.380 e. The van der Waals surface area contributed by atoms with Gasteiger partial charge in [0.2, 0.25) is 11.8 Å². The highest BCUT2D eigenvalue weighted by Crippen LogP contribution is 2.39. The summed E-state index contributed by atoms with van der Waals surface area (Å²) in [7, 11) is 1.69. The van der Waals surface area contributed by atoms with Crippen molar-refractivity contribution in [2.24, 2.45) is 23.7 Å². The molecule has 0 aromatic carbocycles. The second kappa shape index (κ2) is 12.4. The fraction of sp³-hybridized carbons (Fsp3) is 0.920. The normalized spacial score (nSPS) is 44.3. The molecule has 5 fully saturated rings. The predicted molar refractivity (Wildman–Crippen MR) is 143 cm³/mol. The zero-order chi connectivity index (χ0) is 28.8. The lowest BCUT2D eigenvalue weighted by Gasteiger charge is -2.45. The number of piperidine rings is 3. The lowest BCUT2D eigenvalue weighted by molar-refractivity contribution is -0.186. The van der Waals surface area contributed by atoms with Crippen LogP contribution in [0.2, 0.25) is 0 Å². The van der Waals surface area contributed by atoms with Gasteiger partial charge in [0.25, 0.3) is 0 Å². The SMILES string of the molecule is COC1CNC(Cl)CC1C1CC(C)NCC1C(=O)NC1NC2CN(C(=O)C3NCC(C(F)(F)F)CC3F)CC2S1. The molecule has 0 aromatic heterocycles. The van der Waals surface area contributed by atoms with E-state index in [9.17, 15) is 27.2 Å². The van der Waals surface area contributed by atoms with Gasteiger partial charge in [-0.05, 0) is 38.0 Å². The van der Waals surface area contributed by atoms with Gasteiger partial charge in [-0.3, -0.25) is 20.2 Å². The number of methoxy groups -OCH3 is 1. The fourth-order valence-electron chi connectivity index (χ4n) is 7.02. The molecule has 0 bridgehead atoms. The number of rotatable bonds is 5. The maximum atomic E-state index is 14.6. The largest absolute Gasteiger partial charge is 0.393 e. The molecule has 5 saturated heterocycles. The van der Waals surface area contributed by atoms with E-state index in [-0.39, 0.29) is 58.1 Å². The minimum Gasteiger partial charge on any atom is -0.380 e. The Morgan fingerprint density at radius 3 is 2.50 bits per heavy atom. The topological polar surface area (TPSA) is 107 Å². The number of ether oxygens (including phenoxy) is 1. The third-order valence-electron chi connectivity index (χ3n) is 9.23. The summed E-state index contributed by atoms with van der Waals surface area (Å²) in [6.07, 6.45) is -5.56. The Morgan fingerprint density at radius 2 is 1.82 bits per heavy atom. The van der Waals surface area contributed by atoms with Crippen LogP contribution >= 0.6 is 23.4 Å². The summed E-state index contributed by atoms with van der Waals surface area (Å²) in [6, 6.07) is -1.10. The lowest BCUT2D eigenvalue weighted by Crippen LogP contribution is -2.58. The maximum Gasteiger partial charge on any atom is 0.393 e. The number of carbonyl (C=O) groups excluding carboxylic acids is 2. The molecule has 5 heterocycles. The molecule has 5 aliphatic heterocycles. The maximum absolute atomic E-state index is 14.6. The van der Waals surface area contributed by atoms with Crippen LogP contribution in [0.25, 0.3) is 0 Å². The van der Waals surface area contributed by atoms with Gasteiger partial charge in [0.15, 0.2) is 0 Å². The molecule has 15 heteroatoms. The van der Waals surface area contributed by atoms with E-state index in [2.05, 4.69) is 33.5 Å². The van der Waals surface area contributed by atoms with Gasteiger partial charge in [-0.15, -0.1) is 23.4 Å². The van der Waals surface area contributed by atoms with E-state index in [4.69, 9.17) is 16.3 Å². The summed E-state index contributed by atoms with van der Waals surface area (Å²) in [4.78, 5) is 28.0. The molecule has 12 unspecified atom stereocenters. The van der Waals surface area contributed by atoms with Gasteiger partial charge >= 0.3 is 6.18 Å². The fourth-order valence-corrected chi connectivity index (χ4v) is 8.72. The van der Waals surface area contributed by atoms with Crippen molar-refractivity contribution in [3.8, 4) is 0 Å². The van der Waals surface area contributed by atoms with Crippen LogP contribution in [0.3, 0.4) is 0 Å². The molecule has 2 amide bonds. The number of fused-ring (bicyclic) bond motifs is 1. The molecule has 0 saturated carbocycles. The first-order valence-electron chi connectivity index (χ1n) is 14.0. The summed E-state index contributed by atoms with van der Waals surface area (Å²) < 4.78 is 59.2. The summed E-state index contributed by atoms with van der Waals surface area (Å²) in [5.41, 5.74) is -0.494. The van der Waals surface area contributed by atoms with Crippen LogP contribution in [-0.2, 0) is 14.3 Å². The Balaban J connectivity index is 1.14. The first-order valence-corrected chi connectivity index (χ1v) is 15.4. The molecule has 40 heavy (non-hydrogen) atoms. The number of thioether (sulfide) groups is 1. The Bertz CT molecular complexity index is 925. The third-order valence-corrected chi connectivity index (χ3v) is 10.9. The van der Waals surface area contributed by atoms with E-state index in [1.807, 2.05) is 0 Å². The van der Waals surface area contributed by atoms with Gasteiger partial charge in [-0.1, -0.05) is 0 Å². The monoisotopic (exact) mass is 614 g/mol. The molecule has 0 aliphatic carbocycles. The quantitative estimate of drug-likeness (QED) is 0.177. The first kappa shape index (κ1) is 30.6. The number of alkyl halides is 5. The zero-order valence-corrected chi connectivity index (χ0v) is 24.1. The van der Waals surface area contributed by atoms with Crippen LogP contribution in [0, 0.1) is 23.7 Å². The van der Waals surface area contributed by atoms with E-state index >= 15 is 0 Å². The van der Waals surface area contributed by atoms with Gasteiger partial charge in [0, 0.05) is 57.2 Å². The van der Waals surface area contributed by atoms with Crippen molar-refractivity contribution in [2.45, 2.75) is 79.0 Å². The molecule has 0 spiro atoms. The van der Waals surface area contributed by atoms with Crippen LogP contribution in [0.1, 0.15) is 26.2 Å². The number of nitrogens with one attached hydrogen (secondary N) is 5. The highest BCUT2D eigenvalue weighted by Gasteiger charge is 2.50. The first-order chi connectivity index (χ1) is 18.9. The van der Waals surface area contributed by atoms with E-state index in [1.165, 1.54) is 16.7 Å². The molecular weight excluding hydrogens is 576 g/mol.